The number of hydrazine groups is 1. The highest BCUT2D eigenvalue weighted by atomic mass is 16.5. The SMILES string of the molecule is COC(C)CC(NN)C(C)(C)C. The molecule has 3 nitrogen and oxygen atoms in total. The number of nitrogens with one attached hydrogen (secondary N) is 1. The zero-order chi connectivity index (χ0) is 9.78. The molecule has 0 aromatic heterocycles. The Morgan fingerprint density at radius 2 is 1.92 bits per heavy atom. The van der Waals surface area contributed by atoms with Crippen LogP contribution in [0.25, 0.3) is 0 Å². The molecule has 0 amide bonds. The van der Waals surface area contributed by atoms with Gasteiger partial charge in [0.05, 0.1) is 6.10 Å². The standard InChI is InChI=1S/C9H22N2O/c1-7(12-5)6-8(11-10)9(2,3)4/h7-8,11H,6,10H2,1-5H3. The second kappa shape index (κ2) is 4.80. The zero-order valence-electron chi connectivity index (χ0n) is 8.85. The minimum Gasteiger partial charge on any atom is -0.382 e. The molecule has 12 heavy (non-hydrogen) atoms. The van der Waals surface area contributed by atoms with Crippen molar-refractivity contribution in [3.05, 3.63) is 0 Å². The third kappa shape index (κ3) is 4.04. The van der Waals surface area contributed by atoms with Crippen molar-refractivity contribution in [2.24, 2.45) is 11.3 Å². The van der Waals surface area contributed by atoms with Crippen molar-refractivity contribution in [1.82, 2.24) is 5.43 Å². The van der Waals surface area contributed by atoms with Gasteiger partial charge in [-0.3, -0.25) is 11.3 Å². The van der Waals surface area contributed by atoms with E-state index in [2.05, 4.69) is 33.1 Å². The molecule has 3 heteroatoms. The van der Waals surface area contributed by atoms with E-state index in [-0.39, 0.29) is 11.5 Å². The highest BCUT2D eigenvalue weighted by molar-refractivity contribution is 4.80. The van der Waals surface area contributed by atoms with E-state index in [1.807, 2.05) is 0 Å². The molecule has 0 heterocycles. The Labute approximate surface area is 75.6 Å². The first-order valence-corrected chi connectivity index (χ1v) is 4.40. The van der Waals surface area contributed by atoms with Crippen molar-refractivity contribution in [1.29, 1.82) is 0 Å². The van der Waals surface area contributed by atoms with E-state index in [9.17, 15) is 0 Å². The van der Waals surface area contributed by atoms with E-state index < -0.39 is 0 Å². The van der Waals surface area contributed by atoms with E-state index in [0.717, 1.165) is 6.42 Å². The van der Waals surface area contributed by atoms with E-state index in [4.69, 9.17) is 10.6 Å². The third-order valence-corrected chi connectivity index (χ3v) is 2.22. The number of hydrogen-bond acceptors (Lipinski definition) is 3. The highest BCUT2D eigenvalue weighted by Crippen LogP contribution is 2.22. The third-order valence-electron chi connectivity index (χ3n) is 2.22. The summed E-state index contributed by atoms with van der Waals surface area (Å²) < 4.78 is 5.18. The molecule has 0 aromatic rings. The second-order valence-corrected chi connectivity index (χ2v) is 4.37. The van der Waals surface area contributed by atoms with Gasteiger partial charge in [0.25, 0.3) is 0 Å². The summed E-state index contributed by atoms with van der Waals surface area (Å²) >= 11 is 0. The van der Waals surface area contributed by atoms with Crippen LogP contribution in [-0.2, 0) is 4.74 Å². The molecule has 0 fully saturated rings. The fourth-order valence-corrected chi connectivity index (χ4v) is 1.10. The van der Waals surface area contributed by atoms with E-state index in [1.165, 1.54) is 0 Å². The number of nitrogens with two attached hydrogens (primary N) is 1. The van der Waals surface area contributed by atoms with Crippen LogP contribution in [0.3, 0.4) is 0 Å². The molecule has 0 aliphatic rings. The molecular formula is C9H22N2O. The molecule has 0 aromatic carbocycles. The van der Waals surface area contributed by atoms with Crippen molar-refractivity contribution >= 4 is 0 Å². The monoisotopic (exact) mass is 174 g/mol. The van der Waals surface area contributed by atoms with E-state index in [0.29, 0.717) is 6.04 Å². The van der Waals surface area contributed by atoms with Gasteiger partial charge in [0.15, 0.2) is 0 Å². The van der Waals surface area contributed by atoms with Crippen LogP contribution in [0.2, 0.25) is 0 Å². The molecule has 3 N–H and O–H groups in total. The zero-order valence-corrected chi connectivity index (χ0v) is 8.85. The fraction of sp³-hybridized carbons (Fsp3) is 1.00. The van der Waals surface area contributed by atoms with Gasteiger partial charge >= 0.3 is 0 Å². The van der Waals surface area contributed by atoms with Crippen LogP contribution in [0, 0.1) is 5.41 Å². The molecule has 0 aliphatic carbocycles. The van der Waals surface area contributed by atoms with Crippen LogP contribution in [0.15, 0.2) is 0 Å². The Morgan fingerprint density at radius 3 is 2.17 bits per heavy atom. The molecule has 0 bridgehead atoms. The summed E-state index contributed by atoms with van der Waals surface area (Å²) in [4.78, 5) is 0. The maximum absolute atomic E-state index is 5.46. The maximum Gasteiger partial charge on any atom is 0.0558 e. The molecule has 2 unspecified atom stereocenters. The van der Waals surface area contributed by atoms with Gasteiger partial charge in [-0.1, -0.05) is 20.8 Å². The largest absolute Gasteiger partial charge is 0.382 e. The van der Waals surface area contributed by atoms with E-state index in [1.54, 1.807) is 7.11 Å². The lowest BCUT2D eigenvalue weighted by atomic mass is 9.84. The lowest BCUT2D eigenvalue weighted by Crippen LogP contribution is -2.46. The highest BCUT2D eigenvalue weighted by Gasteiger charge is 2.24. The van der Waals surface area contributed by atoms with Crippen LogP contribution >= 0.6 is 0 Å². The van der Waals surface area contributed by atoms with Crippen molar-refractivity contribution in [2.75, 3.05) is 7.11 Å². The summed E-state index contributed by atoms with van der Waals surface area (Å²) in [5.74, 6) is 5.46. The predicted molar refractivity (Wildman–Crippen MR) is 51.7 cm³/mol. The number of ether oxygens (including phenoxy) is 1. The van der Waals surface area contributed by atoms with Gasteiger partial charge in [-0.2, -0.15) is 0 Å². The minimum absolute atomic E-state index is 0.182. The van der Waals surface area contributed by atoms with Gasteiger partial charge in [0, 0.05) is 13.2 Å². The predicted octanol–water partition coefficient (Wildman–Crippen LogP) is 1.29. The van der Waals surface area contributed by atoms with Gasteiger partial charge < -0.3 is 4.74 Å². The normalized spacial score (nSPS) is 17.5. The van der Waals surface area contributed by atoms with Gasteiger partial charge in [0.2, 0.25) is 0 Å². The van der Waals surface area contributed by atoms with Gasteiger partial charge in [-0.05, 0) is 18.8 Å². The summed E-state index contributed by atoms with van der Waals surface area (Å²) in [5, 5.41) is 0. The maximum atomic E-state index is 5.46. The van der Waals surface area contributed by atoms with Crippen LogP contribution in [-0.4, -0.2) is 19.3 Å². The first kappa shape index (κ1) is 11.9. The molecular weight excluding hydrogens is 152 g/mol. The lowest BCUT2D eigenvalue weighted by molar-refractivity contribution is 0.0822. The summed E-state index contributed by atoms with van der Waals surface area (Å²) in [5.41, 5.74) is 3.01. The Balaban J connectivity index is 4.00. The average Bonchev–Trinajstić information content (AvgIpc) is 1.97. The van der Waals surface area contributed by atoms with Crippen LogP contribution in [0.1, 0.15) is 34.1 Å². The number of hydrogen-bond donors (Lipinski definition) is 2. The van der Waals surface area contributed by atoms with Crippen molar-refractivity contribution < 1.29 is 4.74 Å². The first-order valence-electron chi connectivity index (χ1n) is 4.40. The number of methoxy groups -OCH3 is 1. The average molecular weight is 174 g/mol. The van der Waals surface area contributed by atoms with E-state index >= 15 is 0 Å². The summed E-state index contributed by atoms with van der Waals surface area (Å²) in [6, 6.07) is 0.299. The summed E-state index contributed by atoms with van der Waals surface area (Å²) in [6.45, 7) is 8.55. The molecule has 0 saturated carbocycles. The second-order valence-electron chi connectivity index (χ2n) is 4.37. The quantitative estimate of drug-likeness (QED) is 0.498. The molecule has 74 valence electrons. The minimum atomic E-state index is 0.182. The molecule has 2 atom stereocenters. The molecule has 0 saturated heterocycles. The molecule has 0 spiro atoms. The van der Waals surface area contributed by atoms with Crippen LogP contribution in [0.5, 0.6) is 0 Å². The smallest absolute Gasteiger partial charge is 0.0558 e. The lowest BCUT2D eigenvalue weighted by Gasteiger charge is -2.31. The van der Waals surface area contributed by atoms with Crippen LogP contribution < -0.4 is 11.3 Å². The van der Waals surface area contributed by atoms with Crippen molar-refractivity contribution in [3.8, 4) is 0 Å². The fourth-order valence-electron chi connectivity index (χ4n) is 1.10. The summed E-state index contributed by atoms with van der Waals surface area (Å²) in [6.07, 6.45) is 1.20. The summed E-state index contributed by atoms with van der Waals surface area (Å²) in [7, 11) is 1.72. The van der Waals surface area contributed by atoms with Gasteiger partial charge in [-0.25, -0.2) is 0 Å². The van der Waals surface area contributed by atoms with Crippen molar-refractivity contribution in [3.63, 3.8) is 0 Å². The Morgan fingerprint density at radius 1 is 1.42 bits per heavy atom. The van der Waals surface area contributed by atoms with Gasteiger partial charge in [0.1, 0.15) is 0 Å². The Hall–Kier alpha value is -0.120. The molecule has 0 rings (SSSR count). The van der Waals surface area contributed by atoms with Gasteiger partial charge in [-0.15, -0.1) is 0 Å². The Bertz CT molecular complexity index is 120. The number of rotatable bonds is 4. The van der Waals surface area contributed by atoms with Crippen LogP contribution in [0.4, 0.5) is 0 Å². The topological polar surface area (TPSA) is 47.3 Å². The van der Waals surface area contributed by atoms with Crippen molar-refractivity contribution in [2.45, 2.75) is 46.3 Å². The Kier molecular flexibility index (Phi) is 4.75. The molecule has 0 radical (unpaired) electrons. The first-order chi connectivity index (χ1) is 5.41. The molecule has 0 aliphatic heterocycles.